The fraction of sp³-hybridized carbons (Fsp3) is 0.375. The van der Waals surface area contributed by atoms with Crippen molar-refractivity contribution in [2.45, 2.75) is 25.0 Å². The molecule has 0 saturated carbocycles. The van der Waals surface area contributed by atoms with Crippen LogP contribution in [-0.4, -0.2) is 30.1 Å². The number of aliphatic hydroxyl groups is 1. The molecule has 2 aliphatic heterocycles. The SMILES string of the molecule is N#CC[C@@H]1C=C2c3cc4c(cc3C(=O)O[C@H]2[C@@H](O)C1)OCO4. The minimum atomic E-state index is -0.805. The number of carbonyl (C=O) groups excluding carboxylic acids is 1. The Bertz CT molecular complexity index is 733. The molecule has 1 aromatic rings. The smallest absolute Gasteiger partial charge is 0.339 e. The number of hydrogen-bond acceptors (Lipinski definition) is 6. The van der Waals surface area contributed by atoms with E-state index in [1.807, 2.05) is 6.08 Å². The van der Waals surface area contributed by atoms with Gasteiger partial charge in [-0.3, -0.25) is 0 Å². The van der Waals surface area contributed by atoms with Crippen LogP contribution in [0.4, 0.5) is 0 Å². The zero-order valence-electron chi connectivity index (χ0n) is 11.6. The van der Waals surface area contributed by atoms with Crippen LogP contribution in [0.1, 0.15) is 28.8 Å². The van der Waals surface area contributed by atoms with E-state index in [0.717, 1.165) is 5.57 Å². The molecule has 0 aromatic heterocycles. The van der Waals surface area contributed by atoms with E-state index in [9.17, 15) is 9.90 Å². The summed E-state index contributed by atoms with van der Waals surface area (Å²) >= 11 is 0. The standard InChI is InChI=1S/C16H13NO5/c17-2-1-8-3-10-9-5-13-14(21-7-20-13)6-11(9)16(19)22-15(10)12(18)4-8/h3,5-6,8,12,15,18H,1,4,7H2/t8-,12+,15-/m1/s1. The minimum absolute atomic E-state index is 0.0543. The number of fused-ring (bicyclic) bond motifs is 4. The Morgan fingerprint density at radius 1 is 1.27 bits per heavy atom. The van der Waals surface area contributed by atoms with Crippen LogP contribution in [0.25, 0.3) is 5.57 Å². The molecule has 1 aliphatic carbocycles. The average molecular weight is 299 g/mol. The fourth-order valence-electron chi connectivity index (χ4n) is 3.23. The van der Waals surface area contributed by atoms with Crippen LogP contribution < -0.4 is 9.47 Å². The van der Waals surface area contributed by atoms with Crippen molar-refractivity contribution < 1.29 is 24.1 Å². The van der Waals surface area contributed by atoms with Crippen LogP contribution >= 0.6 is 0 Å². The molecule has 6 heteroatoms. The molecule has 3 aliphatic rings. The van der Waals surface area contributed by atoms with Gasteiger partial charge in [0.05, 0.1) is 17.7 Å². The van der Waals surface area contributed by atoms with Crippen LogP contribution in [0, 0.1) is 17.2 Å². The van der Waals surface area contributed by atoms with Crippen molar-refractivity contribution in [2.24, 2.45) is 5.92 Å². The van der Waals surface area contributed by atoms with Crippen LogP contribution in [0.2, 0.25) is 0 Å². The van der Waals surface area contributed by atoms with Gasteiger partial charge in [0.1, 0.15) is 0 Å². The Morgan fingerprint density at radius 3 is 2.73 bits per heavy atom. The molecule has 3 atom stereocenters. The predicted molar refractivity (Wildman–Crippen MR) is 74.1 cm³/mol. The molecule has 0 amide bonds. The first-order chi connectivity index (χ1) is 10.7. The van der Waals surface area contributed by atoms with E-state index in [-0.39, 0.29) is 12.7 Å². The van der Waals surface area contributed by atoms with E-state index in [1.54, 1.807) is 12.1 Å². The molecule has 0 bridgehead atoms. The Labute approximate surface area is 126 Å². The summed E-state index contributed by atoms with van der Waals surface area (Å²) < 4.78 is 16.0. The molecule has 6 nitrogen and oxygen atoms in total. The topological polar surface area (TPSA) is 88.8 Å². The molecular weight excluding hydrogens is 286 g/mol. The van der Waals surface area contributed by atoms with Gasteiger partial charge < -0.3 is 19.3 Å². The second-order valence-corrected chi connectivity index (χ2v) is 5.62. The Hall–Kier alpha value is -2.52. The van der Waals surface area contributed by atoms with Crippen molar-refractivity contribution in [2.75, 3.05) is 6.79 Å². The Morgan fingerprint density at radius 2 is 2.00 bits per heavy atom. The lowest BCUT2D eigenvalue weighted by atomic mass is 9.79. The molecule has 0 unspecified atom stereocenters. The summed E-state index contributed by atoms with van der Waals surface area (Å²) in [5.41, 5.74) is 1.83. The van der Waals surface area contributed by atoms with E-state index in [4.69, 9.17) is 19.5 Å². The Balaban J connectivity index is 1.86. The highest BCUT2D eigenvalue weighted by atomic mass is 16.7. The third kappa shape index (κ3) is 1.86. The van der Waals surface area contributed by atoms with Crippen molar-refractivity contribution in [1.82, 2.24) is 0 Å². The summed E-state index contributed by atoms with van der Waals surface area (Å²) in [6.07, 6.45) is 1.17. The van der Waals surface area contributed by atoms with Gasteiger partial charge in [0.2, 0.25) is 6.79 Å². The van der Waals surface area contributed by atoms with E-state index in [0.29, 0.717) is 35.5 Å². The monoisotopic (exact) mass is 299 g/mol. The summed E-state index contributed by atoms with van der Waals surface area (Å²) in [6.45, 7) is 0.120. The third-order valence-corrected chi connectivity index (χ3v) is 4.25. The molecule has 1 aromatic carbocycles. The van der Waals surface area contributed by atoms with Crippen LogP contribution in [-0.2, 0) is 4.74 Å². The maximum atomic E-state index is 12.2. The van der Waals surface area contributed by atoms with Crippen molar-refractivity contribution in [3.05, 3.63) is 29.3 Å². The lowest BCUT2D eigenvalue weighted by molar-refractivity contribution is -0.00771. The molecule has 0 spiro atoms. The highest BCUT2D eigenvalue weighted by Gasteiger charge is 2.40. The van der Waals surface area contributed by atoms with Gasteiger partial charge in [-0.05, 0) is 35.6 Å². The molecular formula is C16H13NO5. The molecule has 0 radical (unpaired) electrons. The highest BCUT2D eigenvalue weighted by molar-refractivity contribution is 6.00. The lowest BCUT2D eigenvalue weighted by Crippen LogP contribution is -2.40. The zero-order chi connectivity index (χ0) is 15.3. The number of nitrogens with zero attached hydrogens (tertiary/aromatic N) is 1. The number of rotatable bonds is 1. The van der Waals surface area contributed by atoms with Crippen molar-refractivity contribution >= 4 is 11.5 Å². The summed E-state index contributed by atoms with van der Waals surface area (Å²) in [6, 6.07) is 5.48. The Kier molecular flexibility index (Phi) is 2.84. The summed E-state index contributed by atoms with van der Waals surface area (Å²) in [5, 5.41) is 19.1. The van der Waals surface area contributed by atoms with Crippen LogP contribution in [0.5, 0.6) is 11.5 Å². The number of esters is 1. The second kappa shape index (κ2) is 4.75. The van der Waals surface area contributed by atoms with Gasteiger partial charge in [0.15, 0.2) is 17.6 Å². The van der Waals surface area contributed by atoms with Crippen LogP contribution in [0.15, 0.2) is 18.2 Å². The van der Waals surface area contributed by atoms with Crippen molar-refractivity contribution in [1.29, 1.82) is 5.26 Å². The van der Waals surface area contributed by atoms with Crippen LogP contribution in [0.3, 0.4) is 0 Å². The maximum absolute atomic E-state index is 12.2. The van der Waals surface area contributed by atoms with Crippen molar-refractivity contribution in [3.63, 3.8) is 0 Å². The zero-order valence-corrected chi connectivity index (χ0v) is 11.6. The number of hydrogen-bond donors (Lipinski definition) is 1. The highest BCUT2D eigenvalue weighted by Crippen LogP contribution is 2.44. The first-order valence-electron chi connectivity index (χ1n) is 7.09. The van der Waals surface area contributed by atoms with Gasteiger partial charge in [-0.1, -0.05) is 6.08 Å². The number of nitriles is 1. The van der Waals surface area contributed by atoms with E-state index in [2.05, 4.69) is 6.07 Å². The number of carbonyl (C=O) groups is 1. The molecule has 1 N–H and O–H groups in total. The molecule has 4 rings (SSSR count). The van der Waals surface area contributed by atoms with Gasteiger partial charge >= 0.3 is 5.97 Å². The quantitative estimate of drug-likeness (QED) is 0.793. The van der Waals surface area contributed by atoms with Gasteiger partial charge in [-0.2, -0.15) is 5.26 Å². The largest absolute Gasteiger partial charge is 0.454 e. The third-order valence-electron chi connectivity index (χ3n) is 4.25. The predicted octanol–water partition coefficient (Wildman–Crippen LogP) is 1.63. The number of aliphatic hydroxyl groups excluding tert-OH is 1. The number of benzene rings is 1. The molecule has 22 heavy (non-hydrogen) atoms. The normalized spacial score (nSPS) is 28.1. The first kappa shape index (κ1) is 13.2. The van der Waals surface area contributed by atoms with E-state index < -0.39 is 18.2 Å². The maximum Gasteiger partial charge on any atom is 0.339 e. The fourth-order valence-corrected chi connectivity index (χ4v) is 3.23. The molecule has 112 valence electrons. The van der Waals surface area contributed by atoms with Gasteiger partial charge in [0, 0.05) is 6.42 Å². The minimum Gasteiger partial charge on any atom is -0.454 e. The molecule has 0 fully saturated rings. The lowest BCUT2D eigenvalue weighted by Gasteiger charge is -2.36. The van der Waals surface area contributed by atoms with E-state index in [1.165, 1.54) is 0 Å². The van der Waals surface area contributed by atoms with E-state index >= 15 is 0 Å². The number of allylic oxidation sites excluding steroid dienone is 1. The van der Waals surface area contributed by atoms with Crippen molar-refractivity contribution in [3.8, 4) is 17.6 Å². The summed E-state index contributed by atoms with van der Waals surface area (Å²) in [5.74, 6) is 0.555. The summed E-state index contributed by atoms with van der Waals surface area (Å²) in [7, 11) is 0. The van der Waals surface area contributed by atoms with Gasteiger partial charge in [0.25, 0.3) is 0 Å². The average Bonchev–Trinajstić information content (AvgIpc) is 2.95. The first-order valence-corrected chi connectivity index (χ1v) is 7.09. The number of ether oxygens (including phenoxy) is 3. The van der Waals surface area contributed by atoms with Gasteiger partial charge in [-0.25, -0.2) is 4.79 Å². The summed E-state index contributed by atoms with van der Waals surface area (Å²) in [4.78, 5) is 12.2. The molecule has 2 heterocycles. The second-order valence-electron chi connectivity index (χ2n) is 5.62. The van der Waals surface area contributed by atoms with Gasteiger partial charge in [-0.15, -0.1) is 0 Å². The molecule has 0 saturated heterocycles.